The summed E-state index contributed by atoms with van der Waals surface area (Å²) in [6.45, 7) is 0. The van der Waals surface area contributed by atoms with E-state index in [1.807, 2.05) is 0 Å². The minimum Gasteiger partial charge on any atom is -0.721 e. The molecule has 0 unspecified atom stereocenters. The molecule has 2 heterocycles. The SMILES string of the molecule is [O-][N+](=Nc1ncon1)c1ncon1. The van der Waals surface area contributed by atoms with Gasteiger partial charge in [-0.25, -0.2) is 0 Å². The standard InChI is InChI=1S/C4H2N6O3/c11-10(4-6-2-13-9-4)7-3-5-1-12-8-3/h1-2H. The zero-order valence-electron chi connectivity index (χ0n) is 6.06. The van der Waals surface area contributed by atoms with Gasteiger partial charge in [-0.15, -0.1) is 4.86 Å². The largest absolute Gasteiger partial charge is 0.721 e. The number of nitrogens with zero attached hydrogens (tertiary/aromatic N) is 6. The Hall–Kier alpha value is -2.32. The van der Waals surface area contributed by atoms with Gasteiger partial charge < -0.3 is 9.73 Å². The minimum atomic E-state index is -0.232. The van der Waals surface area contributed by atoms with Gasteiger partial charge in [0.05, 0.1) is 0 Å². The van der Waals surface area contributed by atoms with Gasteiger partial charge in [-0.1, -0.05) is 5.11 Å². The van der Waals surface area contributed by atoms with Gasteiger partial charge >= 0.3 is 18.3 Å². The fourth-order valence-electron chi connectivity index (χ4n) is 0.584. The number of hydrogen-bond donors (Lipinski definition) is 0. The van der Waals surface area contributed by atoms with Crippen LogP contribution in [0, 0.1) is 5.21 Å². The van der Waals surface area contributed by atoms with Crippen LogP contribution in [0.2, 0.25) is 0 Å². The molecule has 0 saturated carbocycles. The van der Waals surface area contributed by atoms with Crippen molar-refractivity contribution in [3.05, 3.63) is 18.0 Å². The Kier molecular flexibility index (Phi) is 1.67. The van der Waals surface area contributed by atoms with E-state index in [0.29, 0.717) is 0 Å². The lowest BCUT2D eigenvalue weighted by molar-refractivity contribution is -0.445. The Balaban J connectivity index is 2.27. The molecule has 2 aromatic heterocycles. The van der Waals surface area contributed by atoms with Crippen molar-refractivity contribution in [3.63, 3.8) is 0 Å². The summed E-state index contributed by atoms with van der Waals surface area (Å²) < 4.78 is 8.68. The molecule has 9 nitrogen and oxygen atoms in total. The molecule has 2 rings (SSSR count). The monoisotopic (exact) mass is 182 g/mol. The highest BCUT2D eigenvalue weighted by molar-refractivity contribution is 5.05. The van der Waals surface area contributed by atoms with Gasteiger partial charge in [-0.3, -0.25) is 4.52 Å². The van der Waals surface area contributed by atoms with Crippen molar-refractivity contribution < 1.29 is 13.9 Å². The third kappa shape index (κ3) is 1.47. The topological polar surface area (TPSA) is 116 Å². The molecule has 0 aliphatic rings. The zero-order valence-corrected chi connectivity index (χ0v) is 6.06. The highest BCUT2D eigenvalue weighted by Gasteiger charge is 2.10. The molecule has 0 N–H and O–H groups in total. The second kappa shape index (κ2) is 2.97. The van der Waals surface area contributed by atoms with Gasteiger partial charge in [0.1, 0.15) is 5.16 Å². The van der Waals surface area contributed by atoms with Crippen LogP contribution >= 0.6 is 0 Å². The molecule has 0 atom stereocenters. The summed E-state index contributed by atoms with van der Waals surface area (Å²) in [4.78, 5) is 7.07. The van der Waals surface area contributed by atoms with Gasteiger partial charge in [0, 0.05) is 0 Å². The molecule has 13 heavy (non-hydrogen) atoms. The number of azo groups is 1. The van der Waals surface area contributed by atoms with Crippen LogP contribution in [0.4, 0.5) is 11.9 Å². The maximum atomic E-state index is 11.0. The van der Waals surface area contributed by atoms with Gasteiger partial charge in [0.25, 0.3) is 0 Å². The van der Waals surface area contributed by atoms with E-state index < -0.39 is 0 Å². The average molecular weight is 182 g/mol. The molecule has 0 fully saturated rings. The van der Waals surface area contributed by atoms with Crippen molar-refractivity contribution in [1.29, 1.82) is 0 Å². The minimum absolute atomic E-state index is 0.111. The summed E-state index contributed by atoms with van der Waals surface area (Å²) in [5.41, 5.74) is 0. The first-order valence-electron chi connectivity index (χ1n) is 3.08. The van der Waals surface area contributed by atoms with E-state index in [1.165, 1.54) is 0 Å². The quantitative estimate of drug-likeness (QED) is 0.374. The smallest absolute Gasteiger partial charge is 0.495 e. The predicted octanol–water partition coefficient (Wildman–Crippen LogP) is 0.378. The van der Waals surface area contributed by atoms with Crippen molar-refractivity contribution in [1.82, 2.24) is 20.3 Å². The summed E-state index contributed by atoms with van der Waals surface area (Å²) in [6.07, 6.45) is 2.05. The van der Waals surface area contributed by atoms with Gasteiger partial charge in [0.15, 0.2) is 0 Å². The van der Waals surface area contributed by atoms with E-state index in [9.17, 15) is 5.21 Å². The molecule has 0 radical (unpaired) electrons. The molecule has 0 aliphatic heterocycles. The molecule has 66 valence electrons. The van der Waals surface area contributed by atoms with Crippen molar-refractivity contribution in [2.45, 2.75) is 0 Å². The van der Waals surface area contributed by atoms with Gasteiger partial charge in [0.2, 0.25) is 6.39 Å². The van der Waals surface area contributed by atoms with E-state index in [1.54, 1.807) is 0 Å². The number of rotatable bonds is 2. The Morgan fingerprint density at radius 3 is 2.62 bits per heavy atom. The summed E-state index contributed by atoms with van der Waals surface area (Å²) in [5.74, 6) is -0.343. The maximum absolute atomic E-state index is 11.0. The third-order valence-corrected chi connectivity index (χ3v) is 1.05. The molecular formula is C4H2N6O3. The highest BCUT2D eigenvalue weighted by atomic mass is 16.5. The summed E-state index contributed by atoms with van der Waals surface area (Å²) in [6, 6.07) is 0. The molecule has 0 aliphatic carbocycles. The fourth-order valence-corrected chi connectivity index (χ4v) is 0.584. The highest BCUT2D eigenvalue weighted by Crippen LogP contribution is 2.07. The molecule has 0 saturated heterocycles. The molecule has 0 aromatic carbocycles. The lowest BCUT2D eigenvalue weighted by Crippen LogP contribution is -1.92. The van der Waals surface area contributed by atoms with Crippen LogP contribution in [0.1, 0.15) is 0 Å². The molecular weight excluding hydrogens is 180 g/mol. The van der Waals surface area contributed by atoms with E-state index in [-0.39, 0.29) is 16.8 Å². The second-order valence-electron chi connectivity index (χ2n) is 1.84. The molecule has 2 aromatic rings. The Labute approximate surface area is 70.3 Å². The van der Waals surface area contributed by atoms with Crippen LogP contribution in [0.25, 0.3) is 0 Å². The van der Waals surface area contributed by atoms with Gasteiger partial charge in [-0.05, 0) is 10.1 Å². The second-order valence-corrected chi connectivity index (χ2v) is 1.84. The van der Waals surface area contributed by atoms with E-state index >= 15 is 0 Å². The predicted molar refractivity (Wildman–Crippen MR) is 34.0 cm³/mol. The Bertz CT molecular complexity index is 391. The van der Waals surface area contributed by atoms with Crippen LogP contribution in [0.3, 0.4) is 0 Å². The molecule has 0 amide bonds. The fraction of sp³-hybridized carbons (Fsp3) is 0. The van der Waals surface area contributed by atoms with E-state index in [0.717, 1.165) is 12.8 Å². The van der Waals surface area contributed by atoms with Crippen LogP contribution in [0.15, 0.2) is 26.9 Å². The number of aromatic nitrogens is 4. The third-order valence-electron chi connectivity index (χ3n) is 1.05. The van der Waals surface area contributed by atoms with Crippen LogP contribution in [-0.4, -0.2) is 25.1 Å². The van der Waals surface area contributed by atoms with E-state index in [2.05, 4.69) is 34.4 Å². The molecule has 0 bridgehead atoms. The van der Waals surface area contributed by atoms with Crippen molar-refractivity contribution >= 4 is 11.9 Å². The molecule has 0 spiro atoms. The molecule has 9 heteroatoms. The maximum Gasteiger partial charge on any atom is 0.495 e. The van der Waals surface area contributed by atoms with Gasteiger partial charge in [-0.2, -0.15) is 4.98 Å². The van der Waals surface area contributed by atoms with Crippen LogP contribution in [-0.2, 0) is 0 Å². The Morgan fingerprint density at radius 1 is 1.23 bits per heavy atom. The first-order chi connectivity index (χ1) is 6.36. The van der Waals surface area contributed by atoms with Crippen molar-refractivity contribution in [2.75, 3.05) is 0 Å². The van der Waals surface area contributed by atoms with Crippen LogP contribution in [0.5, 0.6) is 0 Å². The number of hydrogen-bond acceptors (Lipinski definition) is 8. The lowest BCUT2D eigenvalue weighted by Gasteiger charge is -1.95. The summed E-state index contributed by atoms with van der Waals surface area (Å²) >= 11 is 0. The van der Waals surface area contributed by atoms with Crippen molar-refractivity contribution in [2.24, 2.45) is 5.11 Å². The normalized spacial score (nSPS) is 11.8. The average Bonchev–Trinajstić information content (AvgIpc) is 2.74. The summed E-state index contributed by atoms with van der Waals surface area (Å²) in [7, 11) is 0. The van der Waals surface area contributed by atoms with Crippen molar-refractivity contribution in [3.8, 4) is 0 Å². The Morgan fingerprint density at radius 2 is 2.00 bits per heavy atom. The zero-order chi connectivity index (χ0) is 9.10. The van der Waals surface area contributed by atoms with Crippen LogP contribution < -0.4 is 0 Å². The summed E-state index contributed by atoms with van der Waals surface area (Å²) in [5, 5.41) is 20.9. The lowest BCUT2D eigenvalue weighted by atomic mass is 11.0. The van der Waals surface area contributed by atoms with E-state index in [4.69, 9.17) is 0 Å². The first-order valence-corrected chi connectivity index (χ1v) is 3.08. The first kappa shape index (κ1) is 7.34.